The number of amides is 1. The highest BCUT2D eigenvalue weighted by molar-refractivity contribution is 6.01. The monoisotopic (exact) mass is 339 g/mol. The molecule has 130 valence electrons. The van der Waals surface area contributed by atoms with E-state index in [1.54, 1.807) is 12.1 Å². The molecule has 0 heterocycles. The summed E-state index contributed by atoms with van der Waals surface area (Å²) in [4.78, 5) is 22.3. The van der Waals surface area contributed by atoms with Crippen LogP contribution in [0.1, 0.15) is 37.3 Å². The molecule has 0 aliphatic carbocycles. The van der Waals surface area contributed by atoms with Gasteiger partial charge in [0.05, 0.1) is 17.1 Å². The molecule has 0 saturated heterocycles. The molecule has 6 nitrogen and oxygen atoms in total. The van der Waals surface area contributed by atoms with Crippen molar-refractivity contribution in [3.8, 4) is 0 Å². The van der Waals surface area contributed by atoms with Crippen LogP contribution in [0.25, 0.3) is 0 Å². The van der Waals surface area contributed by atoms with Crippen LogP contribution in [0.3, 0.4) is 0 Å². The summed E-state index contributed by atoms with van der Waals surface area (Å²) in [7, 11) is 0. The van der Waals surface area contributed by atoms with Crippen molar-refractivity contribution in [1.82, 2.24) is 5.43 Å². The number of carbonyl (C=O) groups is 1. The SMILES string of the molecule is CCCCC(=NNC(=O)Cc1ccc([N+](=O)[O-])cc1)c1ccccc1. The fourth-order valence-electron chi connectivity index (χ4n) is 2.33. The van der Waals surface area contributed by atoms with Crippen molar-refractivity contribution < 1.29 is 9.72 Å². The minimum absolute atomic E-state index is 0.00751. The summed E-state index contributed by atoms with van der Waals surface area (Å²) < 4.78 is 0. The van der Waals surface area contributed by atoms with E-state index < -0.39 is 4.92 Å². The zero-order valence-corrected chi connectivity index (χ0v) is 14.1. The summed E-state index contributed by atoms with van der Waals surface area (Å²) >= 11 is 0. The number of rotatable bonds is 8. The number of nitro groups is 1. The third-order valence-electron chi connectivity index (χ3n) is 3.70. The fraction of sp³-hybridized carbons (Fsp3) is 0.263. The maximum Gasteiger partial charge on any atom is 0.269 e. The van der Waals surface area contributed by atoms with Gasteiger partial charge in [-0.25, -0.2) is 5.43 Å². The van der Waals surface area contributed by atoms with Gasteiger partial charge in [0.25, 0.3) is 5.69 Å². The minimum atomic E-state index is -0.464. The van der Waals surface area contributed by atoms with Crippen LogP contribution in [0.2, 0.25) is 0 Å². The van der Waals surface area contributed by atoms with E-state index in [4.69, 9.17) is 0 Å². The molecule has 0 radical (unpaired) electrons. The Hall–Kier alpha value is -3.02. The second-order valence-electron chi connectivity index (χ2n) is 5.66. The van der Waals surface area contributed by atoms with Gasteiger partial charge in [-0.1, -0.05) is 55.8 Å². The number of hydrazone groups is 1. The average molecular weight is 339 g/mol. The van der Waals surface area contributed by atoms with Gasteiger partial charge in [0.2, 0.25) is 5.91 Å². The van der Waals surface area contributed by atoms with Crippen LogP contribution in [0.5, 0.6) is 0 Å². The molecule has 0 aliphatic rings. The molecule has 0 spiro atoms. The third kappa shape index (κ3) is 5.84. The van der Waals surface area contributed by atoms with Gasteiger partial charge in [0, 0.05) is 12.1 Å². The second-order valence-corrected chi connectivity index (χ2v) is 5.66. The van der Waals surface area contributed by atoms with Crippen LogP contribution in [0, 0.1) is 10.1 Å². The third-order valence-corrected chi connectivity index (χ3v) is 3.70. The Morgan fingerprint density at radius 3 is 2.40 bits per heavy atom. The van der Waals surface area contributed by atoms with Crippen molar-refractivity contribution in [3.05, 3.63) is 75.8 Å². The van der Waals surface area contributed by atoms with Gasteiger partial charge >= 0.3 is 0 Å². The molecular weight excluding hydrogens is 318 g/mol. The lowest BCUT2D eigenvalue weighted by Gasteiger charge is -2.07. The van der Waals surface area contributed by atoms with Gasteiger partial charge < -0.3 is 0 Å². The van der Waals surface area contributed by atoms with Crippen molar-refractivity contribution in [2.45, 2.75) is 32.6 Å². The first kappa shape index (κ1) is 18.3. The molecule has 0 atom stereocenters. The number of benzene rings is 2. The van der Waals surface area contributed by atoms with Crippen LogP contribution in [0.4, 0.5) is 5.69 Å². The lowest BCUT2D eigenvalue weighted by Crippen LogP contribution is -2.22. The van der Waals surface area contributed by atoms with Gasteiger partial charge in [0.1, 0.15) is 0 Å². The van der Waals surface area contributed by atoms with E-state index in [9.17, 15) is 14.9 Å². The van der Waals surface area contributed by atoms with E-state index in [1.807, 2.05) is 30.3 Å². The summed E-state index contributed by atoms with van der Waals surface area (Å²) in [6.45, 7) is 2.11. The minimum Gasteiger partial charge on any atom is -0.273 e. The standard InChI is InChI=1S/C19H21N3O3/c1-2-3-9-18(16-7-5-4-6-8-16)20-21-19(23)14-15-10-12-17(13-11-15)22(24)25/h4-8,10-13H,2-3,9,14H2,1H3,(H,21,23). The van der Waals surface area contributed by atoms with E-state index in [-0.39, 0.29) is 18.0 Å². The molecule has 0 unspecified atom stereocenters. The first-order valence-corrected chi connectivity index (χ1v) is 8.24. The molecule has 0 fully saturated rings. The van der Waals surface area contributed by atoms with E-state index in [0.717, 1.165) is 30.5 Å². The van der Waals surface area contributed by atoms with Gasteiger partial charge in [-0.2, -0.15) is 5.10 Å². The second kappa shape index (κ2) is 9.32. The predicted molar refractivity (Wildman–Crippen MR) is 97.4 cm³/mol. The Kier molecular flexibility index (Phi) is 6.83. The Labute approximate surface area is 146 Å². The first-order chi connectivity index (χ1) is 12.1. The van der Waals surface area contributed by atoms with Crippen LogP contribution in [-0.4, -0.2) is 16.5 Å². The fourth-order valence-corrected chi connectivity index (χ4v) is 2.33. The number of nitro benzene ring substituents is 1. The number of nitrogens with zero attached hydrogens (tertiary/aromatic N) is 2. The molecule has 1 amide bonds. The predicted octanol–water partition coefficient (Wildman–Crippen LogP) is 3.85. The number of carbonyl (C=O) groups excluding carboxylic acids is 1. The van der Waals surface area contributed by atoms with Gasteiger partial charge in [0.15, 0.2) is 0 Å². The zero-order chi connectivity index (χ0) is 18.1. The molecule has 2 rings (SSSR count). The topological polar surface area (TPSA) is 84.6 Å². The Morgan fingerprint density at radius 2 is 1.80 bits per heavy atom. The van der Waals surface area contributed by atoms with Crippen LogP contribution >= 0.6 is 0 Å². The molecular formula is C19H21N3O3. The van der Waals surface area contributed by atoms with Gasteiger partial charge in [-0.15, -0.1) is 0 Å². The normalized spacial score (nSPS) is 11.2. The lowest BCUT2D eigenvalue weighted by molar-refractivity contribution is -0.384. The Balaban J connectivity index is 2.01. The van der Waals surface area contributed by atoms with Crippen molar-refractivity contribution in [2.24, 2.45) is 5.10 Å². The highest BCUT2D eigenvalue weighted by Crippen LogP contribution is 2.12. The molecule has 0 aliphatic heterocycles. The van der Waals surface area contributed by atoms with Crippen LogP contribution in [-0.2, 0) is 11.2 Å². The van der Waals surface area contributed by atoms with Crippen molar-refractivity contribution in [1.29, 1.82) is 0 Å². The summed E-state index contributed by atoms with van der Waals surface area (Å²) in [6, 6.07) is 15.7. The van der Waals surface area contributed by atoms with Crippen molar-refractivity contribution >= 4 is 17.3 Å². The molecule has 6 heteroatoms. The van der Waals surface area contributed by atoms with Crippen LogP contribution < -0.4 is 5.43 Å². The summed E-state index contributed by atoms with van der Waals surface area (Å²) in [5.74, 6) is -0.251. The summed E-state index contributed by atoms with van der Waals surface area (Å²) in [5.41, 5.74) is 5.14. The number of nitrogens with one attached hydrogen (secondary N) is 1. The van der Waals surface area contributed by atoms with E-state index in [2.05, 4.69) is 17.5 Å². The van der Waals surface area contributed by atoms with E-state index in [0.29, 0.717) is 5.56 Å². The van der Waals surface area contributed by atoms with Crippen molar-refractivity contribution in [2.75, 3.05) is 0 Å². The number of hydrogen-bond acceptors (Lipinski definition) is 4. The molecule has 2 aromatic rings. The van der Waals surface area contributed by atoms with Gasteiger partial charge in [-0.05, 0) is 24.0 Å². The molecule has 1 N–H and O–H groups in total. The number of unbranched alkanes of at least 4 members (excludes halogenated alkanes) is 1. The average Bonchev–Trinajstić information content (AvgIpc) is 2.63. The first-order valence-electron chi connectivity index (χ1n) is 8.24. The van der Waals surface area contributed by atoms with Gasteiger partial charge in [-0.3, -0.25) is 14.9 Å². The quantitative estimate of drug-likeness (QED) is 0.450. The largest absolute Gasteiger partial charge is 0.273 e. The Morgan fingerprint density at radius 1 is 1.12 bits per heavy atom. The summed E-state index contributed by atoms with van der Waals surface area (Å²) in [6.07, 6.45) is 2.95. The van der Waals surface area contributed by atoms with E-state index >= 15 is 0 Å². The summed E-state index contributed by atoms with van der Waals surface area (Å²) in [5, 5.41) is 14.9. The van der Waals surface area contributed by atoms with E-state index in [1.165, 1.54) is 12.1 Å². The Bertz CT molecular complexity index is 740. The van der Waals surface area contributed by atoms with Crippen molar-refractivity contribution in [3.63, 3.8) is 0 Å². The molecule has 25 heavy (non-hydrogen) atoms. The van der Waals surface area contributed by atoms with Crippen LogP contribution in [0.15, 0.2) is 59.7 Å². The number of non-ortho nitro benzene ring substituents is 1. The lowest BCUT2D eigenvalue weighted by atomic mass is 10.1. The molecule has 0 aromatic heterocycles. The zero-order valence-electron chi connectivity index (χ0n) is 14.1. The maximum absolute atomic E-state index is 12.1. The maximum atomic E-state index is 12.1. The molecule has 0 bridgehead atoms. The highest BCUT2D eigenvalue weighted by Gasteiger charge is 2.08. The molecule has 2 aromatic carbocycles. The highest BCUT2D eigenvalue weighted by atomic mass is 16.6. The number of hydrogen-bond donors (Lipinski definition) is 1. The molecule has 0 saturated carbocycles. The smallest absolute Gasteiger partial charge is 0.269 e.